The highest BCUT2D eigenvalue weighted by Crippen LogP contribution is 2.27. The number of fused-ring (bicyclic) bond motifs is 1. The van der Waals surface area contributed by atoms with Crippen molar-refractivity contribution >= 4 is 27.5 Å². The van der Waals surface area contributed by atoms with E-state index < -0.39 is 0 Å². The summed E-state index contributed by atoms with van der Waals surface area (Å²) in [7, 11) is 0. The second-order valence-electron chi connectivity index (χ2n) is 6.77. The maximum atomic E-state index is 4.64. The van der Waals surface area contributed by atoms with Crippen LogP contribution in [0.3, 0.4) is 0 Å². The first kappa shape index (κ1) is 16.4. The topological polar surface area (TPSA) is 59.2 Å². The van der Waals surface area contributed by atoms with Crippen molar-refractivity contribution in [1.82, 2.24) is 24.6 Å². The Morgan fingerprint density at radius 1 is 1.20 bits per heavy atom. The highest BCUT2D eigenvalue weighted by Gasteiger charge is 2.25. The number of pyridine rings is 1. The van der Waals surface area contributed by atoms with E-state index in [0.29, 0.717) is 11.7 Å². The summed E-state index contributed by atoms with van der Waals surface area (Å²) in [5, 5.41) is 4.48. The van der Waals surface area contributed by atoms with E-state index in [1.165, 1.54) is 12.0 Å². The Hall–Kier alpha value is -2.02. The monoisotopic (exact) mass is 400 g/mol. The normalized spacial score (nSPS) is 17.6. The van der Waals surface area contributed by atoms with Crippen LogP contribution in [0.15, 0.2) is 22.8 Å². The van der Waals surface area contributed by atoms with E-state index in [1.54, 1.807) is 0 Å². The predicted molar refractivity (Wildman–Crippen MR) is 101 cm³/mol. The van der Waals surface area contributed by atoms with Crippen molar-refractivity contribution in [1.29, 1.82) is 0 Å². The molecule has 0 aromatic carbocycles. The number of aromatic nitrogens is 5. The fourth-order valence-corrected chi connectivity index (χ4v) is 3.89. The summed E-state index contributed by atoms with van der Waals surface area (Å²) < 4.78 is 2.89. The van der Waals surface area contributed by atoms with Gasteiger partial charge in [-0.05, 0) is 73.2 Å². The molecule has 130 valence electrons. The van der Waals surface area contributed by atoms with Gasteiger partial charge in [-0.1, -0.05) is 0 Å². The van der Waals surface area contributed by atoms with Crippen LogP contribution in [0.25, 0.3) is 5.78 Å². The lowest BCUT2D eigenvalue weighted by atomic mass is 9.96. The standard InChI is InChI=1S/C18H21BrN6/c1-11-16(12(2)25-18(21-11)22-13(3)23-25)8-14-6-7-24(10-14)17-5-4-15(19)9-20-17/h4-5,9,14H,6-8,10H2,1-3H3/t14-/m0/s1. The molecule has 7 heteroatoms. The number of hydrogen-bond acceptors (Lipinski definition) is 5. The van der Waals surface area contributed by atoms with Gasteiger partial charge in [0.1, 0.15) is 11.6 Å². The summed E-state index contributed by atoms with van der Waals surface area (Å²) in [5.74, 6) is 3.12. The highest BCUT2D eigenvalue weighted by molar-refractivity contribution is 9.10. The van der Waals surface area contributed by atoms with E-state index in [1.807, 2.05) is 17.6 Å². The Bertz CT molecular complexity index is 917. The average molecular weight is 401 g/mol. The third-order valence-electron chi connectivity index (χ3n) is 4.97. The van der Waals surface area contributed by atoms with Crippen LogP contribution in [0.4, 0.5) is 5.82 Å². The predicted octanol–water partition coefficient (Wildman–Crippen LogP) is 3.28. The molecule has 1 saturated heterocycles. The molecule has 6 nitrogen and oxygen atoms in total. The van der Waals surface area contributed by atoms with Gasteiger partial charge < -0.3 is 4.90 Å². The molecule has 1 aliphatic rings. The third-order valence-corrected chi connectivity index (χ3v) is 5.44. The van der Waals surface area contributed by atoms with E-state index in [9.17, 15) is 0 Å². The number of anilines is 1. The lowest BCUT2D eigenvalue weighted by Gasteiger charge is -2.18. The third kappa shape index (κ3) is 3.13. The van der Waals surface area contributed by atoms with Crippen molar-refractivity contribution in [3.63, 3.8) is 0 Å². The molecule has 1 fully saturated rings. The van der Waals surface area contributed by atoms with Gasteiger partial charge in [-0.2, -0.15) is 10.1 Å². The Morgan fingerprint density at radius 2 is 2.04 bits per heavy atom. The van der Waals surface area contributed by atoms with Gasteiger partial charge in [0.25, 0.3) is 5.78 Å². The maximum absolute atomic E-state index is 4.64. The van der Waals surface area contributed by atoms with E-state index in [4.69, 9.17) is 0 Å². The molecule has 0 bridgehead atoms. The SMILES string of the molecule is Cc1nc2nc(C)c(C[C@@H]3CCN(c4ccc(Br)cn4)C3)c(C)n2n1. The van der Waals surface area contributed by atoms with Crippen LogP contribution in [0.5, 0.6) is 0 Å². The summed E-state index contributed by atoms with van der Waals surface area (Å²) in [6.45, 7) is 8.18. The average Bonchev–Trinajstić information content (AvgIpc) is 3.18. The first-order valence-corrected chi connectivity index (χ1v) is 9.36. The summed E-state index contributed by atoms with van der Waals surface area (Å²) >= 11 is 3.45. The molecular formula is C18H21BrN6. The van der Waals surface area contributed by atoms with Crippen LogP contribution < -0.4 is 4.90 Å². The fourth-order valence-electron chi connectivity index (χ4n) is 3.65. The molecule has 0 unspecified atom stereocenters. The Morgan fingerprint density at radius 3 is 2.80 bits per heavy atom. The molecule has 1 atom stereocenters. The van der Waals surface area contributed by atoms with Crippen LogP contribution in [-0.4, -0.2) is 37.7 Å². The number of rotatable bonds is 3. The highest BCUT2D eigenvalue weighted by atomic mass is 79.9. The van der Waals surface area contributed by atoms with Crippen LogP contribution in [0, 0.1) is 26.7 Å². The fraction of sp³-hybridized carbons (Fsp3) is 0.444. The lowest BCUT2D eigenvalue weighted by Crippen LogP contribution is -2.21. The Balaban J connectivity index is 1.55. The Kier molecular flexibility index (Phi) is 4.19. The van der Waals surface area contributed by atoms with Crippen LogP contribution >= 0.6 is 15.9 Å². The van der Waals surface area contributed by atoms with E-state index in [0.717, 1.165) is 47.0 Å². The molecule has 0 saturated carbocycles. The lowest BCUT2D eigenvalue weighted by molar-refractivity contribution is 0.577. The zero-order chi connectivity index (χ0) is 17.6. The molecule has 0 radical (unpaired) electrons. The summed E-state index contributed by atoms with van der Waals surface area (Å²) in [5.41, 5.74) is 3.52. The van der Waals surface area contributed by atoms with Gasteiger partial charge in [-0.3, -0.25) is 0 Å². The molecule has 0 N–H and O–H groups in total. The van der Waals surface area contributed by atoms with Crippen molar-refractivity contribution < 1.29 is 0 Å². The largest absolute Gasteiger partial charge is 0.356 e. The summed E-state index contributed by atoms with van der Waals surface area (Å²) in [6, 6.07) is 4.13. The first-order valence-electron chi connectivity index (χ1n) is 8.57. The molecule has 4 heterocycles. The number of aryl methyl sites for hydroxylation is 3. The molecule has 3 aromatic rings. The second-order valence-corrected chi connectivity index (χ2v) is 7.69. The maximum Gasteiger partial charge on any atom is 0.252 e. The van der Waals surface area contributed by atoms with Gasteiger partial charge in [0.15, 0.2) is 0 Å². The molecule has 0 spiro atoms. The van der Waals surface area contributed by atoms with Crippen LogP contribution in [0.1, 0.15) is 29.2 Å². The van der Waals surface area contributed by atoms with E-state index in [-0.39, 0.29) is 0 Å². The molecule has 4 rings (SSSR count). The second kappa shape index (κ2) is 6.37. The number of nitrogens with zero attached hydrogens (tertiary/aromatic N) is 6. The number of hydrogen-bond donors (Lipinski definition) is 0. The molecule has 3 aromatic heterocycles. The molecule has 25 heavy (non-hydrogen) atoms. The summed E-state index contributed by atoms with van der Waals surface area (Å²) in [4.78, 5) is 15.9. The molecular weight excluding hydrogens is 380 g/mol. The van der Waals surface area contributed by atoms with Crippen LogP contribution in [-0.2, 0) is 6.42 Å². The van der Waals surface area contributed by atoms with Crippen molar-refractivity contribution in [2.75, 3.05) is 18.0 Å². The van der Waals surface area contributed by atoms with E-state index >= 15 is 0 Å². The minimum atomic E-state index is 0.603. The Labute approximate surface area is 155 Å². The van der Waals surface area contributed by atoms with Crippen molar-refractivity contribution in [3.8, 4) is 0 Å². The zero-order valence-electron chi connectivity index (χ0n) is 14.7. The first-order chi connectivity index (χ1) is 12.0. The van der Waals surface area contributed by atoms with Crippen molar-refractivity contribution in [3.05, 3.63) is 45.6 Å². The quantitative estimate of drug-likeness (QED) is 0.674. The smallest absolute Gasteiger partial charge is 0.252 e. The van der Waals surface area contributed by atoms with Crippen LogP contribution in [0.2, 0.25) is 0 Å². The summed E-state index contributed by atoms with van der Waals surface area (Å²) in [6.07, 6.45) is 4.05. The van der Waals surface area contributed by atoms with Gasteiger partial charge in [-0.15, -0.1) is 0 Å². The van der Waals surface area contributed by atoms with Crippen molar-refractivity contribution in [2.24, 2.45) is 5.92 Å². The van der Waals surface area contributed by atoms with Gasteiger partial charge >= 0.3 is 0 Å². The van der Waals surface area contributed by atoms with Crippen molar-refractivity contribution in [2.45, 2.75) is 33.6 Å². The number of halogens is 1. The molecule has 0 aliphatic carbocycles. The minimum absolute atomic E-state index is 0.603. The van der Waals surface area contributed by atoms with Gasteiger partial charge in [-0.25, -0.2) is 14.5 Å². The van der Waals surface area contributed by atoms with Gasteiger partial charge in [0.05, 0.1) is 0 Å². The van der Waals surface area contributed by atoms with Gasteiger partial charge in [0.2, 0.25) is 0 Å². The molecule has 1 aliphatic heterocycles. The zero-order valence-corrected chi connectivity index (χ0v) is 16.3. The minimum Gasteiger partial charge on any atom is -0.356 e. The van der Waals surface area contributed by atoms with E-state index in [2.05, 4.69) is 66.9 Å². The van der Waals surface area contributed by atoms with Gasteiger partial charge in [0, 0.05) is 35.1 Å². The molecule has 0 amide bonds.